The Hall–Kier alpha value is -1.70. The highest BCUT2D eigenvalue weighted by atomic mass is 15.3. The van der Waals surface area contributed by atoms with Crippen molar-refractivity contribution in [3.05, 3.63) is 54.9 Å². The van der Waals surface area contributed by atoms with Crippen molar-refractivity contribution in [2.45, 2.75) is 25.4 Å². The van der Waals surface area contributed by atoms with Crippen LogP contribution in [-0.4, -0.2) is 11.1 Å². The summed E-state index contributed by atoms with van der Waals surface area (Å²) in [5.74, 6) is 0. The van der Waals surface area contributed by atoms with Crippen LogP contribution in [0.15, 0.2) is 48.8 Å². The van der Waals surface area contributed by atoms with Crippen molar-refractivity contribution < 1.29 is 0 Å². The van der Waals surface area contributed by atoms with Crippen molar-refractivity contribution in [3.63, 3.8) is 0 Å². The molecule has 0 N–H and O–H groups in total. The molecule has 2 heterocycles. The number of piperidine rings is 1. The number of aromatic nitrogens is 1. The van der Waals surface area contributed by atoms with Crippen molar-refractivity contribution in [3.8, 4) is 0 Å². The summed E-state index contributed by atoms with van der Waals surface area (Å²) in [6.45, 7) is 1.15. The predicted molar refractivity (Wildman–Crippen MR) is 69.9 cm³/mol. The van der Waals surface area contributed by atoms with E-state index < -0.39 is 0 Å². The molecular formula is C15H17N2. The first-order valence-electron chi connectivity index (χ1n) is 6.30. The van der Waals surface area contributed by atoms with Crippen molar-refractivity contribution in [1.29, 1.82) is 0 Å². The minimum atomic E-state index is 0.473. The molecule has 3 rings (SSSR count). The van der Waals surface area contributed by atoms with E-state index in [0.29, 0.717) is 6.17 Å². The number of nitrogens with zero attached hydrogens (tertiary/aromatic N) is 2. The van der Waals surface area contributed by atoms with E-state index in [4.69, 9.17) is 0 Å². The summed E-state index contributed by atoms with van der Waals surface area (Å²) in [7, 11) is 0. The smallest absolute Gasteiger partial charge is 0.105 e. The molecule has 2 heteroatoms. The third-order valence-electron chi connectivity index (χ3n) is 3.48. The normalized spacial score (nSPS) is 20.5. The zero-order valence-corrected chi connectivity index (χ0v) is 9.92. The van der Waals surface area contributed by atoms with Gasteiger partial charge in [0.05, 0.1) is 0 Å². The highest BCUT2D eigenvalue weighted by Gasteiger charge is 2.22. The van der Waals surface area contributed by atoms with Gasteiger partial charge in [-0.2, -0.15) is 0 Å². The van der Waals surface area contributed by atoms with Crippen LogP contribution in [-0.2, 0) is 0 Å². The lowest BCUT2D eigenvalue weighted by molar-refractivity contribution is 0.376. The Kier molecular flexibility index (Phi) is 2.87. The monoisotopic (exact) mass is 225 g/mol. The van der Waals surface area contributed by atoms with Crippen LogP contribution in [0.25, 0.3) is 0 Å². The van der Waals surface area contributed by atoms with Crippen molar-refractivity contribution in [2.24, 2.45) is 0 Å². The molecule has 0 amide bonds. The van der Waals surface area contributed by atoms with Gasteiger partial charge in [-0.3, -0.25) is 0 Å². The van der Waals surface area contributed by atoms with Gasteiger partial charge in [0.15, 0.2) is 0 Å². The largest absolute Gasteiger partial charge is 0.351 e. The molecule has 1 atom stereocenters. The number of benzene rings is 1. The second-order valence-corrected chi connectivity index (χ2v) is 4.56. The van der Waals surface area contributed by atoms with Crippen LogP contribution in [0.2, 0.25) is 0 Å². The fourth-order valence-electron chi connectivity index (χ4n) is 2.64. The van der Waals surface area contributed by atoms with Crippen molar-refractivity contribution in [2.75, 3.05) is 11.4 Å². The first kappa shape index (κ1) is 10.5. The maximum absolute atomic E-state index is 3.09. The van der Waals surface area contributed by atoms with Gasteiger partial charge in [0.1, 0.15) is 6.17 Å². The van der Waals surface area contributed by atoms with Crippen LogP contribution in [0.5, 0.6) is 0 Å². The van der Waals surface area contributed by atoms with Gasteiger partial charge in [-0.05, 0) is 49.6 Å². The molecule has 17 heavy (non-hydrogen) atoms. The van der Waals surface area contributed by atoms with Crippen LogP contribution >= 0.6 is 0 Å². The predicted octanol–water partition coefficient (Wildman–Crippen LogP) is 3.48. The van der Waals surface area contributed by atoms with Gasteiger partial charge in [-0.15, -0.1) is 0 Å². The third-order valence-corrected chi connectivity index (χ3v) is 3.48. The fraction of sp³-hybridized carbons (Fsp3) is 0.333. The summed E-state index contributed by atoms with van der Waals surface area (Å²) in [6, 6.07) is 15.6. The first-order chi connectivity index (χ1) is 8.45. The Morgan fingerprint density at radius 3 is 2.59 bits per heavy atom. The fourth-order valence-corrected chi connectivity index (χ4v) is 2.64. The van der Waals surface area contributed by atoms with Gasteiger partial charge < -0.3 is 9.47 Å². The van der Waals surface area contributed by atoms with E-state index in [1.807, 2.05) is 12.1 Å². The molecule has 0 spiro atoms. The summed E-state index contributed by atoms with van der Waals surface area (Å²) in [4.78, 5) is 2.50. The second-order valence-electron chi connectivity index (χ2n) is 4.56. The Labute approximate surface area is 102 Å². The number of anilines is 1. The molecule has 0 aliphatic carbocycles. The molecule has 87 valence electrons. The molecular weight excluding hydrogens is 208 g/mol. The number of rotatable bonds is 2. The van der Waals surface area contributed by atoms with Gasteiger partial charge in [0.25, 0.3) is 0 Å². The van der Waals surface area contributed by atoms with Gasteiger partial charge >= 0.3 is 0 Å². The van der Waals surface area contributed by atoms with Crippen molar-refractivity contribution in [1.82, 2.24) is 4.57 Å². The van der Waals surface area contributed by atoms with Gasteiger partial charge in [-0.1, -0.05) is 12.1 Å². The third kappa shape index (κ3) is 2.07. The van der Waals surface area contributed by atoms with Gasteiger partial charge in [0, 0.05) is 24.6 Å². The Morgan fingerprint density at radius 1 is 1.06 bits per heavy atom. The molecule has 1 fully saturated rings. The zero-order valence-electron chi connectivity index (χ0n) is 9.92. The van der Waals surface area contributed by atoms with Crippen LogP contribution in [0, 0.1) is 6.07 Å². The molecule has 2 nitrogen and oxygen atoms in total. The molecule has 1 unspecified atom stereocenters. The van der Waals surface area contributed by atoms with Gasteiger partial charge in [-0.25, -0.2) is 0 Å². The lowest BCUT2D eigenvalue weighted by atomic mass is 10.1. The molecule has 1 aliphatic rings. The lowest BCUT2D eigenvalue weighted by Crippen LogP contribution is -2.36. The van der Waals surface area contributed by atoms with E-state index in [1.165, 1.54) is 24.9 Å². The average Bonchev–Trinajstić information content (AvgIpc) is 2.94. The van der Waals surface area contributed by atoms with Crippen LogP contribution in [0.4, 0.5) is 5.69 Å². The molecule has 1 aliphatic heterocycles. The van der Waals surface area contributed by atoms with Crippen LogP contribution < -0.4 is 4.90 Å². The average molecular weight is 225 g/mol. The van der Waals surface area contributed by atoms with E-state index in [-0.39, 0.29) is 0 Å². The maximum Gasteiger partial charge on any atom is 0.105 e. The minimum absolute atomic E-state index is 0.473. The SMILES string of the molecule is [c]1ccc(N2CCCCC2n2cccc2)cc1. The molecule has 0 saturated carbocycles. The van der Waals surface area contributed by atoms with E-state index in [0.717, 1.165) is 6.54 Å². The van der Waals surface area contributed by atoms with E-state index >= 15 is 0 Å². The second kappa shape index (κ2) is 4.66. The Morgan fingerprint density at radius 2 is 1.82 bits per heavy atom. The maximum atomic E-state index is 3.09. The Balaban J connectivity index is 1.91. The molecule has 1 saturated heterocycles. The number of hydrogen-bond donors (Lipinski definition) is 0. The van der Waals surface area contributed by atoms with E-state index in [2.05, 4.69) is 52.2 Å². The quantitative estimate of drug-likeness (QED) is 0.759. The van der Waals surface area contributed by atoms with E-state index in [9.17, 15) is 0 Å². The molecule has 1 aromatic heterocycles. The summed E-state index contributed by atoms with van der Waals surface area (Å²) < 4.78 is 2.32. The zero-order chi connectivity index (χ0) is 11.5. The Bertz CT molecular complexity index is 447. The molecule has 2 aromatic rings. The summed E-state index contributed by atoms with van der Waals surface area (Å²) >= 11 is 0. The molecule has 0 bridgehead atoms. The standard InChI is InChI=1S/C15H17N2/c1-2-8-14(9-3-1)17-13-5-4-10-15(17)16-11-6-7-12-16/h2-3,6-9,11-12,15H,4-5,10,13H2. The number of hydrogen-bond acceptors (Lipinski definition) is 1. The summed E-state index contributed by atoms with van der Waals surface area (Å²) in [5, 5.41) is 0. The van der Waals surface area contributed by atoms with Gasteiger partial charge in [0.2, 0.25) is 0 Å². The summed E-state index contributed by atoms with van der Waals surface area (Å²) in [6.07, 6.45) is 8.64. The lowest BCUT2D eigenvalue weighted by Gasteiger charge is -2.38. The highest BCUT2D eigenvalue weighted by Crippen LogP contribution is 2.30. The first-order valence-corrected chi connectivity index (χ1v) is 6.30. The van der Waals surface area contributed by atoms with E-state index in [1.54, 1.807) is 0 Å². The van der Waals surface area contributed by atoms with Crippen molar-refractivity contribution >= 4 is 5.69 Å². The molecule has 1 aromatic carbocycles. The summed E-state index contributed by atoms with van der Waals surface area (Å²) in [5.41, 5.74) is 1.31. The molecule has 1 radical (unpaired) electrons. The highest BCUT2D eigenvalue weighted by molar-refractivity contribution is 5.46. The van der Waals surface area contributed by atoms with Crippen LogP contribution in [0.3, 0.4) is 0 Å². The topological polar surface area (TPSA) is 8.17 Å². The minimum Gasteiger partial charge on any atom is -0.351 e. The van der Waals surface area contributed by atoms with Crippen LogP contribution in [0.1, 0.15) is 25.4 Å².